The molecule has 2 heterocycles. The number of hydrogen-bond acceptors (Lipinski definition) is 3. The fraction of sp³-hybridized carbons (Fsp3) is 0.130. The Labute approximate surface area is 163 Å². The van der Waals surface area contributed by atoms with Gasteiger partial charge >= 0.3 is 0 Å². The second kappa shape index (κ2) is 6.98. The average molecular weight is 364 g/mol. The van der Waals surface area contributed by atoms with E-state index in [1.807, 2.05) is 53.6 Å². The average Bonchev–Trinajstić information content (AvgIpc) is 3.00. The Kier molecular flexibility index (Phi) is 4.35. The highest BCUT2D eigenvalue weighted by Gasteiger charge is 2.49. The maximum atomic E-state index is 13.1. The highest BCUT2D eigenvalue weighted by molar-refractivity contribution is 6.12. The zero-order chi connectivity index (χ0) is 19.6. The number of allylic oxidation sites excluding steroid dienone is 2. The van der Waals surface area contributed by atoms with Crippen molar-refractivity contribution in [2.75, 3.05) is 0 Å². The van der Waals surface area contributed by atoms with E-state index in [9.17, 15) is 4.79 Å². The Bertz CT molecular complexity index is 1030. The summed E-state index contributed by atoms with van der Waals surface area (Å²) in [6, 6.07) is 16.7. The molecule has 0 fully saturated rings. The van der Waals surface area contributed by atoms with Crippen LogP contribution in [-0.4, -0.2) is 22.2 Å². The molecule has 1 amide bonds. The fourth-order valence-corrected chi connectivity index (χ4v) is 3.64. The van der Waals surface area contributed by atoms with Crippen LogP contribution < -0.4 is 0 Å². The third kappa shape index (κ3) is 3.00. The molecular weight excluding hydrogens is 348 g/mol. The molecule has 5 nitrogen and oxygen atoms in total. The summed E-state index contributed by atoms with van der Waals surface area (Å²) < 4.78 is 0. The molecule has 28 heavy (non-hydrogen) atoms. The summed E-state index contributed by atoms with van der Waals surface area (Å²) in [6.07, 6.45) is 8.42. The van der Waals surface area contributed by atoms with Gasteiger partial charge in [0.05, 0.1) is 18.2 Å². The summed E-state index contributed by atoms with van der Waals surface area (Å²) in [4.78, 5) is 22.8. The lowest BCUT2D eigenvalue weighted by molar-refractivity contribution is -0.124. The first kappa shape index (κ1) is 17.5. The van der Waals surface area contributed by atoms with Gasteiger partial charge in [-0.2, -0.15) is 10.3 Å². The summed E-state index contributed by atoms with van der Waals surface area (Å²) in [5.41, 5.74) is 2.21. The number of hydrogen-bond donors (Lipinski definition) is 0. The van der Waals surface area contributed by atoms with E-state index < -0.39 is 5.54 Å². The van der Waals surface area contributed by atoms with E-state index in [2.05, 4.69) is 15.9 Å². The first-order valence-corrected chi connectivity index (χ1v) is 8.87. The van der Waals surface area contributed by atoms with Gasteiger partial charge in [0.15, 0.2) is 5.69 Å². The van der Waals surface area contributed by atoms with Crippen LogP contribution in [0, 0.1) is 17.9 Å². The molecule has 0 spiro atoms. The Morgan fingerprint density at radius 2 is 1.68 bits per heavy atom. The number of benzene rings is 2. The van der Waals surface area contributed by atoms with Crippen LogP contribution in [0.25, 0.3) is 4.85 Å². The number of carbonyl (C=O) groups excluding carboxylic acids is 1. The van der Waals surface area contributed by atoms with Gasteiger partial charge < -0.3 is 4.90 Å². The van der Waals surface area contributed by atoms with Crippen LogP contribution in [0.4, 0.5) is 5.69 Å². The molecule has 0 aliphatic carbocycles. The summed E-state index contributed by atoms with van der Waals surface area (Å²) in [6.45, 7) is 7.12. The highest BCUT2D eigenvalue weighted by atomic mass is 16.2. The van der Waals surface area contributed by atoms with Crippen LogP contribution in [0.15, 0.2) is 78.0 Å². The van der Waals surface area contributed by atoms with Crippen molar-refractivity contribution >= 4 is 17.4 Å². The second-order valence-electron chi connectivity index (χ2n) is 6.82. The summed E-state index contributed by atoms with van der Waals surface area (Å²) in [7, 11) is 0. The zero-order valence-electron chi connectivity index (χ0n) is 15.0. The fourth-order valence-electron chi connectivity index (χ4n) is 3.64. The first-order chi connectivity index (χ1) is 13.6. The summed E-state index contributed by atoms with van der Waals surface area (Å²) in [5.74, 6) is 0.455. The van der Waals surface area contributed by atoms with Crippen LogP contribution in [-0.2, 0) is 17.6 Å². The van der Waals surface area contributed by atoms with Crippen molar-refractivity contribution in [3.8, 4) is 6.07 Å². The number of amides is 1. The minimum atomic E-state index is -0.871. The van der Waals surface area contributed by atoms with Crippen LogP contribution in [0.1, 0.15) is 16.7 Å². The van der Waals surface area contributed by atoms with Crippen molar-refractivity contribution < 1.29 is 4.79 Å². The number of amidine groups is 1. The molecule has 0 bridgehead atoms. The van der Waals surface area contributed by atoms with Crippen molar-refractivity contribution in [2.24, 2.45) is 4.99 Å². The van der Waals surface area contributed by atoms with Crippen LogP contribution in [0.5, 0.6) is 0 Å². The minimum Gasteiger partial charge on any atom is -0.317 e. The topological polar surface area (TPSA) is 60.8 Å². The monoisotopic (exact) mass is 364 g/mol. The molecule has 0 saturated heterocycles. The number of rotatable bonds is 4. The van der Waals surface area contributed by atoms with Gasteiger partial charge in [-0.3, -0.25) is 4.79 Å². The van der Waals surface area contributed by atoms with E-state index in [1.54, 1.807) is 24.3 Å². The number of nitriles is 1. The molecule has 2 aromatic carbocycles. The Hall–Kier alpha value is -3.96. The van der Waals surface area contributed by atoms with Gasteiger partial charge in [0.2, 0.25) is 0 Å². The van der Waals surface area contributed by atoms with Crippen molar-refractivity contribution in [2.45, 2.75) is 18.4 Å². The van der Waals surface area contributed by atoms with Gasteiger partial charge in [-0.05, 0) is 35.4 Å². The number of aliphatic imine (C=N–C) groups is 1. The van der Waals surface area contributed by atoms with E-state index in [1.165, 1.54) is 0 Å². The lowest BCUT2D eigenvalue weighted by Gasteiger charge is -2.37. The number of fused-ring (bicyclic) bond motifs is 1. The van der Waals surface area contributed by atoms with Crippen LogP contribution in [0.3, 0.4) is 0 Å². The molecule has 2 aliphatic rings. The molecule has 2 aromatic rings. The zero-order valence-corrected chi connectivity index (χ0v) is 15.0. The van der Waals surface area contributed by atoms with Gasteiger partial charge in [0, 0.05) is 19.0 Å². The molecule has 0 N–H and O–H groups in total. The second-order valence-corrected chi connectivity index (χ2v) is 6.82. The van der Waals surface area contributed by atoms with E-state index in [-0.39, 0.29) is 5.91 Å². The predicted octanol–water partition coefficient (Wildman–Crippen LogP) is 3.96. The molecule has 4 rings (SSSR count). The standard InChI is InChI=1S/C23H16N4O/c1-25-20-11-9-18(10-12-20)15-23(14-17-5-7-19(16-24)8-6-17)22(28)26-21-4-2-3-13-27(21)23/h2-13H,14-15H2. The molecule has 2 aliphatic heterocycles. The SMILES string of the molecule is [C-]#[N+]c1ccc(CC2(Cc3ccc(C#N)cc3)C(=O)N=C3C=CC=CN32)cc1. The van der Waals surface area contributed by atoms with Crippen molar-refractivity contribution in [1.29, 1.82) is 5.26 Å². The lowest BCUT2D eigenvalue weighted by atomic mass is 9.82. The smallest absolute Gasteiger partial charge is 0.274 e. The molecule has 0 aromatic heterocycles. The third-order valence-corrected chi connectivity index (χ3v) is 5.06. The van der Waals surface area contributed by atoms with Crippen molar-refractivity contribution in [1.82, 2.24) is 4.90 Å². The van der Waals surface area contributed by atoms with E-state index in [0.717, 1.165) is 11.1 Å². The summed E-state index contributed by atoms with van der Waals surface area (Å²) >= 11 is 0. The molecule has 5 heteroatoms. The van der Waals surface area contributed by atoms with Crippen LogP contribution >= 0.6 is 0 Å². The number of carbonyl (C=O) groups is 1. The van der Waals surface area contributed by atoms with Gasteiger partial charge in [-0.1, -0.05) is 42.5 Å². The number of nitrogens with zero attached hydrogens (tertiary/aromatic N) is 4. The Morgan fingerprint density at radius 1 is 1.04 bits per heavy atom. The largest absolute Gasteiger partial charge is 0.317 e. The van der Waals surface area contributed by atoms with E-state index >= 15 is 0 Å². The van der Waals surface area contributed by atoms with Crippen LogP contribution in [0.2, 0.25) is 0 Å². The Morgan fingerprint density at radius 3 is 2.29 bits per heavy atom. The first-order valence-electron chi connectivity index (χ1n) is 8.87. The molecule has 0 saturated carbocycles. The highest BCUT2D eigenvalue weighted by Crippen LogP contribution is 2.34. The van der Waals surface area contributed by atoms with Crippen molar-refractivity contribution in [3.05, 3.63) is 101 Å². The molecule has 0 radical (unpaired) electrons. The molecular formula is C23H16N4O. The van der Waals surface area contributed by atoms with E-state index in [0.29, 0.717) is 29.9 Å². The summed E-state index contributed by atoms with van der Waals surface area (Å²) in [5, 5.41) is 9.03. The van der Waals surface area contributed by atoms with Gasteiger partial charge in [0.1, 0.15) is 11.4 Å². The molecule has 1 atom stereocenters. The molecule has 1 unspecified atom stereocenters. The van der Waals surface area contributed by atoms with Gasteiger partial charge in [0.25, 0.3) is 5.91 Å². The lowest BCUT2D eigenvalue weighted by Crippen LogP contribution is -2.52. The predicted molar refractivity (Wildman–Crippen MR) is 107 cm³/mol. The van der Waals surface area contributed by atoms with Gasteiger partial charge in [-0.15, -0.1) is 0 Å². The minimum absolute atomic E-state index is 0.183. The third-order valence-electron chi connectivity index (χ3n) is 5.06. The Balaban J connectivity index is 1.73. The quantitative estimate of drug-likeness (QED) is 0.772. The van der Waals surface area contributed by atoms with E-state index in [4.69, 9.17) is 11.8 Å². The van der Waals surface area contributed by atoms with Crippen molar-refractivity contribution in [3.63, 3.8) is 0 Å². The van der Waals surface area contributed by atoms with Gasteiger partial charge in [-0.25, -0.2) is 4.85 Å². The normalized spacial score (nSPS) is 19.7. The maximum absolute atomic E-state index is 13.1. The maximum Gasteiger partial charge on any atom is 0.274 e. The molecule has 134 valence electrons.